The van der Waals surface area contributed by atoms with E-state index in [2.05, 4.69) is 57.6 Å². The molecule has 23 heavy (non-hydrogen) atoms. The average Bonchev–Trinajstić information content (AvgIpc) is 2.37. The van der Waals surface area contributed by atoms with E-state index >= 15 is 0 Å². The van der Waals surface area contributed by atoms with E-state index in [1.165, 1.54) is 0 Å². The maximum atomic E-state index is 4.60. The molecule has 2 nitrogen and oxygen atoms in total. The molecule has 0 radical (unpaired) electrons. The van der Waals surface area contributed by atoms with Crippen LogP contribution < -0.4 is 34.0 Å². The average molecular weight is 489 g/mol. The molecule has 0 aliphatic carbocycles. The Hall–Kier alpha value is 0.0135. The molecule has 0 aromatic carbocycles. The summed E-state index contributed by atoms with van der Waals surface area (Å²) < 4.78 is 0. The summed E-state index contributed by atoms with van der Waals surface area (Å²) in [4.78, 5) is 9.06. The Morgan fingerprint density at radius 3 is 1.96 bits per heavy atom. The van der Waals surface area contributed by atoms with Crippen molar-refractivity contribution in [2.24, 2.45) is 21.2 Å². The SMILES string of the molecule is CC(C)(C)C1(C(C)(C)C)C=CN=C(c2ccccn2)C1.[Br-].[Br-].[Ni+2]. The number of hydrogen-bond acceptors (Lipinski definition) is 2. The number of aromatic nitrogens is 1. The first-order valence-corrected chi connectivity index (χ1v) is 7.33. The fourth-order valence-corrected chi connectivity index (χ4v) is 3.47. The number of allylic oxidation sites excluding steroid dienone is 1. The number of hydrogen-bond donors (Lipinski definition) is 0. The van der Waals surface area contributed by atoms with Crippen LogP contribution in [0.1, 0.15) is 53.7 Å². The largest absolute Gasteiger partial charge is 2.00 e. The minimum atomic E-state index is 0. The number of aliphatic imine (C=N–C) groups is 1. The van der Waals surface area contributed by atoms with E-state index in [1.54, 1.807) is 0 Å². The van der Waals surface area contributed by atoms with Crippen LogP contribution in [-0.4, -0.2) is 10.7 Å². The van der Waals surface area contributed by atoms with Crippen LogP contribution in [0.15, 0.2) is 41.7 Å². The summed E-state index contributed by atoms with van der Waals surface area (Å²) in [5.41, 5.74) is 2.50. The first kappa shape index (κ1) is 25.3. The summed E-state index contributed by atoms with van der Waals surface area (Å²) in [5.74, 6) is 0. The van der Waals surface area contributed by atoms with Crippen LogP contribution >= 0.6 is 0 Å². The number of nitrogens with zero attached hydrogens (tertiary/aromatic N) is 2. The van der Waals surface area contributed by atoms with Gasteiger partial charge in [-0.05, 0) is 23.0 Å². The van der Waals surface area contributed by atoms with E-state index in [1.807, 2.05) is 30.6 Å². The van der Waals surface area contributed by atoms with Crippen molar-refractivity contribution in [2.45, 2.75) is 48.0 Å². The fourth-order valence-electron chi connectivity index (χ4n) is 3.47. The molecule has 0 atom stereocenters. The van der Waals surface area contributed by atoms with E-state index in [0.29, 0.717) is 0 Å². The summed E-state index contributed by atoms with van der Waals surface area (Å²) in [6.45, 7) is 13.9. The van der Waals surface area contributed by atoms with E-state index in [0.717, 1.165) is 17.8 Å². The zero-order valence-electron chi connectivity index (χ0n) is 14.6. The molecule has 0 spiro atoms. The summed E-state index contributed by atoms with van der Waals surface area (Å²) in [6, 6.07) is 6.02. The van der Waals surface area contributed by atoms with Crippen molar-refractivity contribution in [2.75, 3.05) is 0 Å². The van der Waals surface area contributed by atoms with Crippen molar-refractivity contribution in [1.82, 2.24) is 4.98 Å². The van der Waals surface area contributed by atoms with Gasteiger partial charge in [-0.15, -0.1) is 0 Å². The Morgan fingerprint density at radius 2 is 1.52 bits per heavy atom. The second-order valence-electron chi connectivity index (χ2n) is 7.75. The van der Waals surface area contributed by atoms with Gasteiger partial charge in [-0.3, -0.25) is 9.98 Å². The van der Waals surface area contributed by atoms with E-state index in [9.17, 15) is 0 Å². The van der Waals surface area contributed by atoms with Crippen molar-refractivity contribution < 1.29 is 50.5 Å². The smallest absolute Gasteiger partial charge is 1.00 e. The second kappa shape index (κ2) is 8.92. The normalized spacial score (nSPS) is 16.3. The van der Waals surface area contributed by atoms with Crippen molar-refractivity contribution in [3.63, 3.8) is 0 Å². The van der Waals surface area contributed by atoms with Gasteiger partial charge >= 0.3 is 16.5 Å². The summed E-state index contributed by atoms with van der Waals surface area (Å²) in [6.07, 6.45) is 7.06. The molecule has 0 bridgehead atoms. The predicted octanol–water partition coefficient (Wildman–Crippen LogP) is -1.13. The fraction of sp³-hybridized carbons (Fsp3) is 0.556. The predicted molar refractivity (Wildman–Crippen MR) is 85.9 cm³/mol. The van der Waals surface area contributed by atoms with E-state index in [-0.39, 0.29) is 66.7 Å². The third-order valence-electron chi connectivity index (χ3n) is 4.67. The summed E-state index contributed by atoms with van der Waals surface area (Å²) in [5, 5.41) is 0. The van der Waals surface area contributed by atoms with Gasteiger partial charge in [0.1, 0.15) is 0 Å². The molecule has 0 amide bonds. The van der Waals surface area contributed by atoms with Crippen molar-refractivity contribution in [3.8, 4) is 0 Å². The standard InChI is InChI=1S/C18H26N2.2BrH.Ni/c1-16(2,3)18(17(4,5)6)10-12-20-15(13-18)14-9-7-8-11-19-14;;;/h7-12H,13H2,1-6H3;2*1H;/q;;;+2/p-2. The van der Waals surface area contributed by atoms with Crippen LogP contribution in [0, 0.1) is 16.2 Å². The molecule has 1 aliphatic heterocycles. The molecule has 0 saturated carbocycles. The molecule has 0 saturated heterocycles. The van der Waals surface area contributed by atoms with Crippen molar-refractivity contribution in [3.05, 3.63) is 42.4 Å². The van der Waals surface area contributed by atoms with Gasteiger partial charge in [-0.1, -0.05) is 53.7 Å². The Kier molecular flexibility index (Phi) is 9.79. The van der Waals surface area contributed by atoms with Gasteiger partial charge in [0.2, 0.25) is 0 Å². The van der Waals surface area contributed by atoms with Crippen LogP contribution in [0.2, 0.25) is 0 Å². The molecule has 1 aliphatic rings. The third-order valence-corrected chi connectivity index (χ3v) is 4.67. The Bertz CT molecular complexity index is 526. The molecule has 2 heterocycles. The van der Waals surface area contributed by atoms with Gasteiger partial charge in [-0.2, -0.15) is 0 Å². The molecule has 0 fully saturated rings. The van der Waals surface area contributed by atoms with E-state index in [4.69, 9.17) is 0 Å². The molecule has 2 rings (SSSR count). The van der Waals surface area contributed by atoms with Crippen molar-refractivity contribution in [1.29, 1.82) is 0 Å². The van der Waals surface area contributed by atoms with Gasteiger partial charge in [0.25, 0.3) is 0 Å². The maximum Gasteiger partial charge on any atom is 2.00 e. The van der Waals surface area contributed by atoms with Gasteiger partial charge in [0, 0.05) is 24.2 Å². The van der Waals surface area contributed by atoms with Crippen LogP contribution in [-0.2, 0) is 16.5 Å². The zero-order chi connectivity index (χ0) is 15.0. The van der Waals surface area contributed by atoms with Gasteiger partial charge in [-0.25, -0.2) is 0 Å². The molecule has 1 aromatic heterocycles. The van der Waals surface area contributed by atoms with Crippen molar-refractivity contribution >= 4 is 5.71 Å². The maximum absolute atomic E-state index is 4.60. The number of halogens is 2. The van der Waals surface area contributed by atoms with E-state index < -0.39 is 0 Å². The Balaban J connectivity index is 0. The Labute approximate surface area is 172 Å². The van der Waals surface area contributed by atoms with Crippen LogP contribution in [0.3, 0.4) is 0 Å². The molecule has 0 N–H and O–H groups in total. The summed E-state index contributed by atoms with van der Waals surface area (Å²) in [7, 11) is 0. The molecular weight excluding hydrogens is 463 g/mol. The van der Waals surface area contributed by atoms with Gasteiger partial charge in [0.05, 0.1) is 11.4 Å². The molecule has 0 unspecified atom stereocenters. The third kappa shape index (κ3) is 5.00. The van der Waals surface area contributed by atoms with Gasteiger partial charge in [0.15, 0.2) is 0 Å². The minimum Gasteiger partial charge on any atom is -1.00 e. The first-order valence-electron chi connectivity index (χ1n) is 7.33. The number of pyridine rings is 1. The van der Waals surface area contributed by atoms with Crippen LogP contribution in [0.5, 0.6) is 0 Å². The summed E-state index contributed by atoms with van der Waals surface area (Å²) >= 11 is 0. The molecule has 5 heteroatoms. The minimum absolute atomic E-state index is 0. The first-order chi connectivity index (χ1) is 9.17. The second-order valence-corrected chi connectivity index (χ2v) is 7.75. The van der Waals surface area contributed by atoms with Crippen LogP contribution in [0.25, 0.3) is 0 Å². The monoisotopic (exact) mass is 486 g/mol. The zero-order valence-corrected chi connectivity index (χ0v) is 18.8. The van der Waals surface area contributed by atoms with Gasteiger partial charge < -0.3 is 34.0 Å². The molecule has 1 aromatic rings. The molecular formula is C18H26Br2N2Ni. The Morgan fingerprint density at radius 1 is 0.957 bits per heavy atom. The molecule has 132 valence electrons. The quantitative estimate of drug-likeness (QED) is 0.460. The number of rotatable bonds is 1. The van der Waals surface area contributed by atoms with Crippen LogP contribution in [0.4, 0.5) is 0 Å². The topological polar surface area (TPSA) is 25.2 Å².